The van der Waals surface area contributed by atoms with Crippen LogP contribution in [0.2, 0.25) is 10.0 Å². The van der Waals surface area contributed by atoms with E-state index in [0.29, 0.717) is 16.5 Å². The van der Waals surface area contributed by atoms with Crippen LogP contribution in [-0.2, 0) is 0 Å². The highest BCUT2D eigenvalue weighted by molar-refractivity contribution is 6.42. The molecule has 1 atom stereocenters. The topological polar surface area (TPSA) is 26.0 Å². The number of rotatable bonds is 3. The van der Waals surface area contributed by atoms with Crippen LogP contribution < -0.4 is 5.73 Å². The molecule has 0 amide bonds. The van der Waals surface area contributed by atoms with Crippen molar-refractivity contribution in [1.82, 2.24) is 0 Å². The lowest BCUT2D eigenvalue weighted by Crippen LogP contribution is -2.13. The first kappa shape index (κ1) is 11.2. The van der Waals surface area contributed by atoms with Crippen molar-refractivity contribution in [1.29, 1.82) is 0 Å². The van der Waals surface area contributed by atoms with Gasteiger partial charge in [-0.15, -0.1) is 0 Å². The molecule has 0 saturated heterocycles. The van der Waals surface area contributed by atoms with Crippen molar-refractivity contribution >= 4 is 23.2 Å². The molecular formula is C11H12Cl2FN. The van der Waals surface area contributed by atoms with Gasteiger partial charge in [0.1, 0.15) is 5.82 Å². The van der Waals surface area contributed by atoms with Crippen molar-refractivity contribution in [3.63, 3.8) is 0 Å². The van der Waals surface area contributed by atoms with Crippen molar-refractivity contribution < 1.29 is 4.39 Å². The Balaban J connectivity index is 2.27. The first-order valence-electron chi connectivity index (χ1n) is 4.98. The minimum absolute atomic E-state index is 0.254. The van der Waals surface area contributed by atoms with Crippen LogP contribution in [0.15, 0.2) is 12.1 Å². The molecule has 1 aliphatic rings. The zero-order chi connectivity index (χ0) is 11.0. The summed E-state index contributed by atoms with van der Waals surface area (Å²) in [6, 6.07) is 2.42. The largest absolute Gasteiger partial charge is 0.324 e. The number of hydrogen-bond acceptors (Lipinski definition) is 1. The lowest BCUT2D eigenvalue weighted by Gasteiger charge is -2.14. The average molecular weight is 248 g/mol. The lowest BCUT2D eigenvalue weighted by molar-refractivity contribution is 0.543. The average Bonchev–Trinajstić information content (AvgIpc) is 2.96. The molecule has 1 aromatic carbocycles. The zero-order valence-electron chi connectivity index (χ0n) is 8.14. The third kappa shape index (κ3) is 2.44. The summed E-state index contributed by atoms with van der Waals surface area (Å²) in [4.78, 5) is 0. The maximum atomic E-state index is 13.5. The molecule has 0 radical (unpaired) electrons. The van der Waals surface area contributed by atoms with Crippen LogP contribution in [0.3, 0.4) is 0 Å². The molecule has 0 heterocycles. The van der Waals surface area contributed by atoms with Crippen LogP contribution in [0.4, 0.5) is 4.39 Å². The normalized spacial score (nSPS) is 17.9. The Kier molecular flexibility index (Phi) is 3.19. The van der Waals surface area contributed by atoms with Crippen LogP contribution in [0.5, 0.6) is 0 Å². The third-order valence-electron chi connectivity index (χ3n) is 2.73. The monoisotopic (exact) mass is 247 g/mol. The van der Waals surface area contributed by atoms with E-state index in [1.807, 2.05) is 0 Å². The highest BCUT2D eigenvalue weighted by Gasteiger charge is 2.27. The van der Waals surface area contributed by atoms with Crippen LogP contribution in [0, 0.1) is 11.7 Å². The molecule has 0 unspecified atom stereocenters. The molecule has 0 aromatic heterocycles. The highest BCUT2D eigenvalue weighted by atomic mass is 35.5. The predicted octanol–water partition coefficient (Wildman–Crippen LogP) is 3.93. The van der Waals surface area contributed by atoms with Gasteiger partial charge in [-0.3, -0.25) is 0 Å². The Labute approximate surface area is 98.4 Å². The van der Waals surface area contributed by atoms with E-state index in [0.717, 1.165) is 6.42 Å². The van der Waals surface area contributed by atoms with Gasteiger partial charge in [-0.05, 0) is 24.5 Å². The fourth-order valence-electron chi connectivity index (χ4n) is 1.71. The molecule has 0 aliphatic heterocycles. The summed E-state index contributed by atoms with van der Waals surface area (Å²) >= 11 is 11.8. The smallest absolute Gasteiger partial charge is 0.129 e. The van der Waals surface area contributed by atoms with Gasteiger partial charge in [-0.2, -0.15) is 0 Å². The summed E-state index contributed by atoms with van der Waals surface area (Å²) in [6.07, 6.45) is 3.16. The molecule has 0 bridgehead atoms. The quantitative estimate of drug-likeness (QED) is 0.805. The van der Waals surface area contributed by atoms with Crippen LogP contribution in [0.1, 0.15) is 30.9 Å². The molecule has 1 aromatic rings. The van der Waals surface area contributed by atoms with Crippen molar-refractivity contribution in [3.05, 3.63) is 33.6 Å². The molecule has 15 heavy (non-hydrogen) atoms. The van der Waals surface area contributed by atoms with E-state index < -0.39 is 0 Å². The second-order valence-electron chi connectivity index (χ2n) is 4.04. The molecule has 82 valence electrons. The molecule has 1 fully saturated rings. The van der Waals surface area contributed by atoms with E-state index in [-0.39, 0.29) is 16.9 Å². The fraction of sp³-hybridized carbons (Fsp3) is 0.455. The summed E-state index contributed by atoms with van der Waals surface area (Å²) in [5.41, 5.74) is 6.28. The molecule has 1 saturated carbocycles. The summed E-state index contributed by atoms with van der Waals surface area (Å²) < 4.78 is 13.5. The van der Waals surface area contributed by atoms with E-state index in [2.05, 4.69) is 0 Å². The van der Waals surface area contributed by atoms with Gasteiger partial charge in [-0.1, -0.05) is 36.0 Å². The van der Waals surface area contributed by atoms with Gasteiger partial charge in [0, 0.05) is 11.6 Å². The Morgan fingerprint density at radius 2 is 2.07 bits per heavy atom. The third-order valence-corrected chi connectivity index (χ3v) is 3.55. The maximum absolute atomic E-state index is 13.5. The van der Waals surface area contributed by atoms with Crippen molar-refractivity contribution in [2.24, 2.45) is 11.7 Å². The minimum atomic E-state index is -0.363. The van der Waals surface area contributed by atoms with Gasteiger partial charge in [0.05, 0.1) is 10.0 Å². The molecular weight excluding hydrogens is 236 g/mol. The number of benzene rings is 1. The van der Waals surface area contributed by atoms with E-state index >= 15 is 0 Å². The Morgan fingerprint density at radius 3 is 2.67 bits per heavy atom. The zero-order valence-corrected chi connectivity index (χ0v) is 9.65. The minimum Gasteiger partial charge on any atom is -0.324 e. The van der Waals surface area contributed by atoms with E-state index in [1.165, 1.54) is 25.0 Å². The Hall–Kier alpha value is -0.310. The number of nitrogens with two attached hydrogens (primary N) is 1. The first-order chi connectivity index (χ1) is 7.09. The summed E-state index contributed by atoms with van der Waals surface area (Å²) in [5.74, 6) is 0.270. The molecule has 1 aliphatic carbocycles. The van der Waals surface area contributed by atoms with E-state index in [4.69, 9.17) is 28.9 Å². The fourth-order valence-corrected chi connectivity index (χ4v) is 2.17. The van der Waals surface area contributed by atoms with Crippen LogP contribution in [-0.4, -0.2) is 0 Å². The Morgan fingerprint density at radius 1 is 1.40 bits per heavy atom. The van der Waals surface area contributed by atoms with Crippen LogP contribution >= 0.6 is 23.2 Å². The standard InChI is InChI=1S/C11H12Cl2FN/c12-7-3-4-8(14)10(11(7)13)9(15)5-6-1-2-6/h3-4,6,9H,1-2,5,15H2/t9-/m0/s1. The predicted molar refractivity (Wildman–Crippen MR) is 60.7 cm³/mol. The number of halogens is 3. The summed E-state index contributed by atoms with van der Waals surface area (Å²) in [5, 5.41) is 0.615. The highest BCUT2D eigenvalue weighted by Crippen LogP contribution is 2.40. The van der Waals surface area contributed by atoms with Crippen molar-refractivity contribution in [2.45, 2.75) is 25.3 Å². The van der Waals surface area contributed by atoms with Gasteiger partial charge < -0.3 is 5.73 Å². The molecule has 1 nitrogen and oxygen atoms in total. The second kappa shape index (κ2) is 4.28. The summed E-state index contributed by atoms with van der Waals surface area (Å²) in [7, 11) is 0. The van der Waals surface area contributed by atoms with E-state index in [1.54, 1.807) is 0 Å². The van der Waals surface area contributed by atoms with Crippen LogP contribution in [0.25, 0.3) is 0 Å². The number of hydrogen-bond donors (Lipinski definition) is 1. The van der Waals surface area contributed by atoms with Gasteiger partial charge in [0.15, 0.2) is 0 Å². The summed E-state index contributed by atoms with van der Waals surface area (Å²) in [6.45, 7) is 0. The van der Waals surface area contributed by atoms with E-state index in [9.17, 15) is 4.39 Å². The molecule has 2 N–H and O–H groups in total. The maximum Gasteiger partial charge on any atom is 0.129 e. The van der Waals surface area contributed by atoms with Gasteiger partial charge >= 0.3 is 0 Å². The first-order valence-corrected chi connectivity index (χ1v) is 5.74. The van der Waals surface area contributed by atoms with Gasteiger partial charge in [0.2, 0.25) is 0 Å². The molecule has 4 heteroatoms. The molecule has 2 rings (SSSR count). The second-order valence-corrected chi connectivity index (χ2v) is 4.83. The van der Waals surface area contributed by atoms with Gasteiger partial charge in [0.25, 0.3) is 0 Å². The molecule has 0 spiro atoms. The van der Waals surface area contributed by atoms with Crippen molar-refractivity contribution in [3.8, 4) is 0 Å². The Bertz CT molecular complexity index is 377. The van der Waals surface area contributed by atoms with Crippen molar-refractivity contribution in [2.75, 3.05) is 0 Å². The lowest BCUT2D eigenvalue weighted by atomic mass is 10.0. The SMILES string of the molecule is N[C@@H](CC1CC1)c1c(F)ccc(Cl)c1Cl. The van der Waals surface area contributed by atoms with Gasteiger partial charge in [-0.25, -0.2) is 4.39 Å².